The van der Waals surface area contributed by atoms with Crippen LogP contribution in [0.3, 0.4) is 0 Å². The number of hydrogen-bond acceptors (Lipinski definition) is 3. The molecule has 0 aliphatic carbocycles. The van der Waals surface area contributed by atoms with Crippen LogP contribution in [0.2, 0.25) is 0 Å². The first kappa shape index (κ1) is 14.6. The van der Waals surface area contributed by atoms with Crippen molar-refractivity contribution in [1.29, 1.82) is 0 Å². The van der Waals surface area contributed by atoms with Gasteiger partial charge < -0.3 is 5.32 Å². The van der Waals surface area contributed by atoms with E-state index in [-0.39, 0.29) is 11.0 Å². The van der Waals surface area contributed by atoms with Crippen LogP contribution < -0.4 is 10.6 Å². The van der Waals surface area contributed by atoms with E-state index in [1.807, 2.05) is 19.1 Å². The van der Waals surface area contributed by atoms with Crippen LogP contribution in [0.25, 0.3) is 0 Å². The molecular weight excluding hydrogens is 338 g/mol. The molecular formula is C14H12BrN3OS. The molecule has 0 aliphatic heterocycles. The second-order valence-electron chi connectivity index (χ2n) is 4.09. The van der Waals surface area contributed by atoms with Crippen molar-refractivity contribution in [3.05, 3.63) is 58.2 Å². The third-order valence-electron chi connectivity index (χ3n) is 2.57. The highest BCUT2D eigenvalue weighted by atomic mass is 79.9. The molecule has 1 heterocycles. The van der Waals surface area contributed by atoms with Gasteiger partial charge in [-0.2, -0.15) is 0 Å². The maximum absolute atomic E-state index is 12.0. The standard InChI is InChI=1S/C14H12BrN3OS/c1-9-5-6-10(8-11(9)15)13(19)18-14(20)17-12-4-2-3-7-16-12/h2-8H,1H3,(H2,16,17,18,19,20). The van der Waals surface area contributed by atoms with Crippen LogP contribution in [0.15, 0.2) is 47.1 Å². The summed E-state index contributed by atoms with van der Waals surface area (Å²) in [6.45, 7) is 1.96. The number of rotatable bonds is 2. The average Bonchev–Trinajstić information content (AvgIpc) is 2.42. The number of carbonyl (C=O) groups is 1. The van der Waals surface area contributed by atoms with Crippen molar-refractivity contribution in [3.8, 4) is 0 Å². The Morgan fingerprint density at radius 1 is 1.30 bits per heavy atom. The highest BCUT2D eigenvalue weighted by Crippen LogP contribution is 2.17. The Hall–Kier alpha value is -1.79. The zero-order valence-electron chi connectivity index (χ0n) is 10.7. The smallest absolute Gasteiger partial charge is 0.257 e. The molecule has 102 valence electrons. The minimum atomic E-state index is -0.265. The Kier molecular flexibility index (Phi) is 4.81. The van der Waals surface area contributed by atoms with E-state index in [2.05, 4.69) is 31.5 Å². The second-order valence-corrected chi connectivity index (χ2v) is 5.35. The minimum absolute atomic E-state index is 0.213. The summed E-state index contributed by atoms with van der Waals surface area (Å²) < 4.78 is 0.883. The Labute approximate surface area is 130 Å². The fraction of sp³-hybridized carbons (Fsp3) is 0.0714. The van der Waals surface area contributed by atoms with Crippen LogP contribution >= 0.6 is 28.1 Å². The minimum Gasteiger partial charge on any atom is -0.317 e. The predicted octanol–water partition coefficient (Wildman–Crippen LogP) is 3.28. The quantitative estimate of drug-likeness (QED) is 0.817. The van der Waals surface area contributed by atoms with E-state index < -0.39 is 0 Å². The Balaban J connectivity index is 2.00. The summed E-state index contributed by atoms with van der Waals surface area (Å²) in [5.74, 6) is 0.321. The van der Waals surface area contributed by atoms with Gasteiger partial charge in [-0.15, -0.1) is 0 Å². The zero-order chi connectivity index (χ0) is 14.5. The first-order valence-corrected chi connectivity index (χ1v) is 7.06. The molecule has 0 radical (unpaired) electrons. The fourth-order valence-corrected chi connectivity index (χ4v) is 2.07. The van der Waals surface area contributed by atoms with Crippen molar-refractivity contribution < 1.29 is 4.79 Å². The molecule has 0 fully saturated rings. The van der Waals surface area contributed by atoms with E-state index in [0.717, 1.165) is 10.0 Å². The summed E-state index contributed by atoms with van der Waals surface area (Å²) in [6.07, 6.45) is 1.64. The van der Waals surface area contributed by atoms with Gasteiger partial charge in [-0.3, -0.25) is 10.1 Å². The summed E-state index contributed by atoms with van der Waals surface area (Å²) in [4.78, 5) is 16.1. The van der Waals surface area contributed by atoms with E-state index >= 15 is 0 Å². The van der Waals surface area contributed by atoms with Gasteiger partial charge in [0.2, 0.25) is 0 Å². The van der Waals surface area contributed by atoms with E-state index in [4.69, 9.17) is 12.2 Å². The SMILES string of the molecule is Cc1ccc(C(=O)NC(=S)Nc2ccccn2)cc1Br. The molecule has 4 nitrogen and oxygen atoms in total. The average molecular weight is 350 g/mol. The summed E-state index contributed by atoms with van der Waals surface area (Å²) in [5, 5.41) is 5.67. The largest absolute Gasteiger partial charge is 0.317 e. The van der Waals surface area contributed by atoms with Crippen molar-refractivity contribution in [2.75, 3.05) is 5.32 Å². The fourth-order valence-electron chi connectivity index (χ4n) is 1.49. The number of halogens is 1. The molecule has 0 saturated carbocycles. The summed E-state index contributed by atoms with van der Waals surface area (Å²) in [6, 6.07) is 10.8. The lowest BCUT2D eigenvalue weighted by Gasteiger charge is -2.09. The molecule has 1 aromatic carbocycles. The van der Waals surface area contributed by atoms with Gasteiger partial charge in [0, 0.05) is 16.2 Å². The molecule has 0 bridgehead atoms. The van der Waals surface area contributed by atoms with E-state index in [1.54, 1.807) is 30.5 Å². The summed E-state index contributed by atoms with van der Waals surface area (Å²) >= 11 is 8.47. The van der Waals surface area contributed by atoms with Crippen molar-refractivity contribution >= 4 is 45.0 Å². The van der Waals surface area contributed by atoms with Crippen LogP contribution in [-0.2, 0) is 0 Å². The number of nitrogens with one attached hydrogen (secondary N) is 2. The van der Waals surface area contributed by atoms with Gasteiger partial charge in [0.25, 0.3) is 5.91 Å². The van der Waals surface area contributed by atoms with Gasteiger partial charge >= 0.3 is 0 Å². The number of amides is 1. The third-order valence-corrected chi connectivity index (χ3v) is 3.63. The first-order valence-electron chi connectivity index (χ1n) is 5.86. The number of aryl methyl sites for hydroxylation is 1. The van der Waals surface area contributed by atoms with Gasteiger partial charge in [-0.1, -0.05) is 28.1 Å². The molecule has 2 rings (SSSR count). The van der Waals surface area contributed by atoms with Crippen LogP contribution in [0, 0.1) is 6.92 Å². The van der Waals surface area contributed by atoms with Crippen LogP contribution in [0.1, 0.15) is 15.9 Å². The van der Waals surface area contributed by atoms with Crippen molar-refractivity contribution in [2.24, 2.45) is 0 Å². The topological polar surface area (TPSA) is 54.0 Å². The zero-order valence-corrected chi connectivity index (χ0v) is 13.1. The molecule has 2 aromatic rings. The number of aromatic nitrogens is 1. The lowest BCUT2D eigenvalue weighted by molar-refractivity contribution is 0.0977. The number of nitrogens with zero attached hydrogens (tertiary/aromatic N) is 1. The summed E-state index contributed by atoms with van der Waals surface area (Å²) in [7, 11) is 0. The predicted molar refractivity (Wildman–Crippen MR) is 86.8 cm³/mol. The second kappa shape index (κ2) is 6.58. The molecule has 20 heavy (non-hydrogen) atoms. The normalized spacial score (nSPS) is 9.90. The monoisotopic (exact) mass is 349 g/mol. The number of pyridine rings is 1. The summed E-state index contributed by atoms with van der Waals surface area (Å²) in [5.41, 5.74) is 1.60. The highest BCUT2D eigenvalue weighted by Gasteiger charge is 2.09. The van der Waals surface area contributed by atoms with Gasteiger partial charge in [0.05, 0.1) is 0 Å². The molecule has 0 saturated heterocycles. The molecule has 6 heteroatoms. The molecule has 2 N–H and O–H groups in total. The number of benzene rings is 1. The Morgan fingerprint density at radius 3 is 2.75 bits per heavy atom. The molecule has 0 spiro atoms. The van der Waals surface area contributed by atoms with Crippen LogP contribution in [0.5, 0.6) is 0 Å². The molecule has 1 aromatic heterocycles. The molecule has 0 aliphatic rings. The van der Waals surface area contributed by atoms with Crippen LogP contribution in [-0.4, -0.2) is 16.0 Å². The lowest BCUT2D eigenvalue weighted by Crippen LogP contribution is -2.34. The number of anilines is 1. The Morgan fingerprint density at radius 2 is 2.10 bits per heavy atom. The number of thiocarbonyl (C=S) groups is 1. The maximum Gasteiger partial charge on any atom is 0.257 e. The van der Waals surface area contributed by atoms with Gasteiger partial charge in [-0.05, 0) is 49.0 Å². The van der Waals surface area contributed by atoms with Gasteiger partial charge in [-0.25, -0.2) is 4.98 Å². The highest BCUT2D eigenvalue weighted by molar-refractivity contribution is 9.10. The first-order chi connectivity index (χ1) is 9.56. The van der Waals surface area contributed by atoms with Crippen molar-refractivity contribution in [3.63, 3.8) is 0 Å². The van der Waals surface area contributed by atoms with Crippen LogP contribution in [0.4, 0.5) is 5.82 Å². The lowest BCUT2D eigenvalue weighted by atomic mass is 10.1. The third kappa shape index (κ3) is 3.85. The van der Waals surface area contributed by atoms with E-state index in [0.29, 0.717) is 11.4 Å². The molecule has 0 atom stereocenters. The van der Waals surface area contributed by atoms with E-state index in [9.17, 15) is 4.79 Å². The number of carbonyl (C=O) groups excluding carboxylic acids is 1. The van der Waals surface area contributed by atoms with Crippen molar-refractivity contribution in [1.82, 2.24) is 10.3 Å². The number of hydrogen-bond donors (Lipinski definition) is 2. The van der Waals surface area contributed by atoms with Gasteiger partial charge in [0.15, 0.2) is 5.11 Å². The van der Waals surface area contributed by atoms with Crippen molar-refractivity contribution in [2.45, 2.75) is 6.92 Å². The Bertz CT molecular complexity index is 646. The molecule has 1 amide bonds. The van der Waals surface area contributed by atoms with Gasteiger partial charge in [0.1, 0.15) is 5.82 Å². The maximum atomic E-state index is 12.0. The van der Waals surface area contributed by atoms with E-state index in [1.165, 1.54) is 0 Å². The molecule has 0 unspecified atom stereocenters.